The Morgan fingerprint density at radius 3 is 2.84 bits per heavy atom. The highest BCUT2D eigenvalue weighted by Crippen LogP contribution is 2.28. The number of hydrogen-bond donors (Lipinski definition) is 1. The highest BCUT2D eigenvalue weighted by atomic mass is 35.5. The number of aryl methyl sites for hydroxylation is 1. The molecule has 4 aromatic rings. The summed E-state index contributed by atoms with van der Waals surface area (Å²) >= 11 is 7.35. The van der Waals surface area contributed by atoms with Crippen molar-refractivity contribution >= 4 is 39.6 Å². The highest BCUT2D eigenvalue weighted by molar-refractivity contribution is 7.15. The van der Waals surface area contributed by atoms with Gasteiger partial charge in [0.2, 0.25) is 5.13 Å². The van der Waals surface area contributed by atoms with Crippen LogP contribution in [0.25, 0.3) is 0 Å². The van der Waals surface area contributed by atoms with Crippen LogP contribution in [0.5, 0.6) is 0 Å². The molecule has 0 saturated carbocycles. The average Bonchev–Trinajstić information content (AvgIpc) is 3.45. The lowest BCUT2D eigenvalue weighted by atomic mass is 10.2. The first-order valence-corrected chi connectivity index (χ1v) is 10.3. The van der Waals surface area contributed by atoms with Gasteiger partial charge >= 0.3 is 5.69 Å². The molecule has 0 spiro atoms. The van der Waals surface area contributed by atoms with Crippen LogP contribution in [0.3, 0.4) is 0 Å². The quantitative estimate of drug-likeness (QED) is 0.320. The molecule has 0 aliphatic carbocycles. The van der Waals surface area contributed by atoms with Crippen LogP contribution >= 0.6 is 22.9 Å². The second kappa shape index (κ2) is 8.40. The number of nitrogens with zero attached hydrogens (tertiary/aromatic N) is 7. The molecule has 3 heterocycles. The highest BCUT2D eigenvalue weighted by Gasteiger charge is 2.21. The minimum absolute atomic E-state index is 0.0461. The van der Waals surface area contributed by atoms with Gasteiger partial charge in [-0.15, -0.1) is 10.2 Å². The molecule has 160 valence electrons. The third-order valence-electron chi connectivity index (χ3n) is 4.54. The second-order valence-corrected chi connectivity index (χ2v) is 8.10. The lowest BCUT2D eigenvalue weighted by molar-refractivity contribution is -0.385. The van der Waals surface area contributed by atoms with Crippen molar-refractivity contribution in [1.29, 1.82) is 0 Å². The lowest BCUT2D eigenvalue weighted by Crippen LogP contribution is -2.07. The Bertz CT molecular complexity index is 1230. The fraction of sp³-hybridized carbons (Fsp3) is 0.222. The average molecular weight is 463 g/mol. The Balaban J connectivity index is 1.46. The summed E-state index contributed by atoms with van der Waals surface area (Å²) in [4.78, 5) is 10.6. The summed E-state index contributed by atoms with van der Waals surface area (Å²) in [7, 11) is 0. The Hall–Kier alpha value is -3.38. The van der Waals surface area contributed by atoms with E-state index in [4.69, 9.17) is 11.6 Å². The third kappa shape index (κ3) is 4.39. The number of anilines is 2. The van der Waals surface area contributed by atoms with Crippen molar-refractivity contribution in [2.24, 2.45) is 0 Å². The molecule has 13 heteroatoms. The first-order valence-electron chi connectivity index (χ1n) is 9.08. The first kappa shape index (κ1) is 20.9. The number of hydrogen-bond acceptors (Lipinski definition) is 8. The topological polar surface area (TPSA) is 117 Å². The molecule has 10 nitrogen and oxygen atoms in total. The SMILES string of the molecule is Cc1nn([C@@H](C)c2nnc(Nc3ccn(Cc4c(F)cccc4Cl)n3)s2)cc1[N+](=O)[O-]. The summed E-state index contributed by atoms with van der Waals surface area (Å²) < 4.78 is 17.0. The minimum atomic E-state index is -0.469. The molecule has 1 N–H and O–H groups in total. The van der Waals surface area contributed by atoms with Crippen LogP contribution in [0.4, 0.5) is 21.0 Å². The summed E-state index contributed by atoms with van der Waals surface area (Å²) in [5, 5.41) is 32.3. The van der Waals surface area contributed by atoms with E-state index in [1.165, 1.54) is 28.3 Å². The zero-order valence-electron chi connectivity index (χ0n) is 16.4. The van der Waals surface area contributed by atoms with Crippen LogP contribution in [0, 0.1) is 22.9 Å². The molecule has 0 fully saturated rings. The van der Waals surface area contributed by atoms with Gasteiger partial charge < -0.3 is 5.32 Å². The van der Waals surface area contributed by atoms with Crippen molar-refractivity contribution in [3.8, 4) is 0 Å². The van der Waals surface area contributed by atoms with Gasteiger partial charge in [-0.05, 0) is 26.0 Å². The van der Waals surface area contributed by atoms with Gasteiger partial charge in [-0.3, -0.25) is 19.5 Å². The van der Waals surface area contributed by atoms with Crippen LogP contribution in [0.2, 0.25) is 5.02 Å². The van der Waals surface area contributed by atoms with Crippen molar-refractivity contribution < 1.29 is 9.31 Å². The fourth-order valence-corrected chi connectivity index (χ4v) is 3.91. The molecule has 31 heavy (non-hydrogen) atoms. The Morgan fingerprint density at radius 2 is 2.13 bits per heavy atom. The number of halogens is 2. The Labute approximate surface area is 184 Å². The standard InChI is InChI=1S/C18H16ClFN8O2S/c1-10-15(28(29)30)9-27(24-10)11(2)17-22-23-18(31-17)21-16-6-7-26(25-16)8-12-13(19)4-3-5-14(12)20/h3-7,9,11H,8H2,1-2H3,(H,21,23,25)/t11-/m0/s1. The van der Waals surface area contributed by atoms with E-state index in [1.54, 1.807) is 36.0 Å². The molecule has 3 aromatic heterocycles. The third-order valence-corrected chi connectivity index (χ3v) is 5.90. The molecule has 1 aromatic carbocycles. The largest absolute Gasteiger partial charge is 0.313 e. The van der Waals surface area contributed by atoms with E-state index < -0.39 is 10.7 Å². The number of nitrogens with one attached hydrogen (secondary N) is 1. The van der Waals surface area contributed by atoms with Crippen LogP contribution in [0.15, 0.2) is 36.7 Å². The Kier molecular flexibility index (Phi) is 5.65. The zero-order chi connectivity index (χ0) is 22.1. The van der Waals surface area contributed by atoms with Crippen molar-refractivity contribution in [3.63, 3.8) is 0 Å². The monoisotopic (exact) mass is 462 g/mol. The van der Waals surface area contributed by atoms with E-state index in [-0.39, 0.29) is 18.3 Å². The summed E-state index contributed by atoms with van der Waals surface area (Å²) in [6, 6.07) is 5.92. The van der Waals surface area contributed by atoms with E-state index in [9.17, 15) is 14.5 Å². The zero-order valence-corrected chi connectivity index (χ0v) is 17.9. The molecular weight excluding hydrogens is 447 g/mol. The van der Waals surface area contributed by atoms with Crippen LogP contribution in [0.1, 0.15) is 29.2 Å². The second-order valence-electron chi connectivity index (χ2n) is 6.68. The van der Waals surface area contributed by atoms with E-state index in [1.807, 2.05) is 6.92 Å². The molecule has 0 radical (unpaired) electrons. The molecule has 0 aliphatic heterocycles. The number of aromatic nitrogens is 6. The predicted molar refractivity (Wildman–Crippen MR) is 113 cm³/mol. The van der Waals surface area contributed by atoms with Gasteiger partial charge in [0.05, 0.1) is 11.5 Å². The van der Waals surface area contributed by atoms with Gasteiger partial charge in [-0.25, -0.2) is 4.39 Å². The van der Waals surface area contributed by atoms with E-state index in [0.717, 1.165) is 0 Å². The van der Waals surface area contributed by atoms with Crippen LogP contribution in [-0.2, 0) is 6.54 Å². The number of rotatable bonds is 7. The van der Waals surface area contributed by atoms with E-state index in [0.29, 0.717) is 32.2 Å². The van der Waals surface area contributed by atoms with Gasteiger partial charge in [0.15, 0.2) is 5.82 Å². The molecular formula is C18H16ClFN8O2S. The molecule has 0 aliphatic rings. The molecule has 4 rings (SSSR count). The number of nitro groups is 1. The normalized spacial score (nSPS) is 12.1. The summed E-state index contributed by atoms with van der Waals surface area (Å²) in [6.45, 7) is 3.59. The summed E-state index contributed by atoms with van der Waals surface area (Å²) in [5.74, 6) is 0.114. The maximum Gasteiger partial charge on any atom is 0.309 e. The van der Waals surface area contributed by atoms with Crippen LogP contribution < -0.4 is 5.32 Å². The first-order chi connectivity index (χ1) is 14.8. The van der Waals surface area contributed by atoms with Crippen LogP contribution in [-0.4, -0.2) is 34.7 Å². The van der Waals surface area contributed by atoms with Crippen molar-refractivity contribution in [3.05, 3.63) is 73.9 Å². The van der Waals surface area contributed by atoms with Crippen molar-refractivity contribution in [2.45, 2.75) is 26.4 Å². The van der Waals surface area contributed by atoms with Gasteiger partial charge in [0.25, 0.3) is 0 Å². The maximum atomic E-state index is 14.0. The van der Waals surface area contributed by atoms with Gasteiger partial charge in [-0.2, -0.15) is 10.2 Å². The fourth-order valence-electron chi connectivity index (χ4n) is 2.89. The molecule has 0 amide bonds. The lowest BCUT2D eigenvalue weighted by Gasteiger charge is -2.06. The maximum absolute atomic E-state index is 14.0. The Morgan fingerprint density at radius 1 is 1.32 bits per heavy atom. The van der Waals surface area contributed by atoms with E-state index in [2.05, 4.69) is 25.7 Å². The molecule has 0 unspecified atom stereocenters. The predicted octanol–water partition coefficient (Wildman–Crippen LogP) is 4.34. The molecule has 0 bridgehead atoms. The smallest absolute Gasteiger partial charge is 0.309 e. The summed E-state index contributed by atoms with van der Waals surface area (Å²) in [6.07, 6.45) is 3.07. The minimum Gasteiger partial charge on any atom is -0.313 e. The van der Waals surface area contributed by atoms with Crippen molar-refractivity contribution in [2.75, 3.05) is 5.32 Å². The van der Waals surface area contributed by atoms with Gasteiger partial charge in [0, 0.05) is 22.8 Å². The van der Waals surface area contributed by atoms with Gasteiger partial charge in [0.1, 0.15) is 28.8 Å². The summed E-state index contributed by atoms with van der Waals surface area (Å²) in [5.41, 5.74) is 0.643. The molecule has 1 atom stereocenters. The van der Waals surface area contributed by atoms with Gasteiger partial charge in [-0.1, -0.05) is 29.0 Å². The molecule has 0 saturated heterocycles. The van der Waals surface area contributed by atoms with E-state index >= 15 is 0 Å². The van der Waals surface area contributed by atoms with Crippen molar-refractivity contribution in [1.82, 2.24) is 29.8 Å². The number of benzene rings is 1.